The number of piperazine rings is 1. The molecule has 2 heterocycles. The maximum absolute atomic E-state index is 12.9. The topological polar surface area (TPSA) is 93.0 Å². The molecule has 0 saturated carbocycles. The van der Waals surface area contributed by atoms with Crippen molar-refractivity contribution in [3.05, 3.63) is 40.8 Å². The number of carbonyl (C=O) groups is 1. The van der Waals surface area contributed by atoms with Crippen LogP contribution in [-0.4, -0.2) is 62.0 Å². The van der Waals surface area contributed by atoms with Gasteiger partial charge in [0, 0.05) is 26.2 Å². The molecular formula is C18H23N3O5S. The molecule has 0 bridgehead atoms. The van der Waals surface area contributed by atoms with Crippen LogP contribution in [0.3, 0.4) is 0 Å². The van der Waals surface area contributed by atoms with E-state index in [-0.39, 0.29) is 29.7 Å². The summed E-state index contributed by atoms with van der Waals surface area (Å²) in [5.41, 5.74) is 1.79. The van der Waals surface area contributed by atoms with Gasteiger partial charge in [0.2, 0.25) is 10.0 Å². The number of hydrogen-bond donors (Lipinski definition) is 0. The van der Waals surface area contributed by atoms with Gasteiger partial charge in [-0.1, -0.05) is 16.8 Å². The minimum absolute atomic E-state index is 0.114. The van der Waals surface area contributed by atoms with Gasteiger partial charge in [-0.15, -0.1) is 0 Å². The van der Waals surface area contributed by atoms with Crippen molar-refractivity contribution >= 4 is 15.9 Å². The van der Waals surface area contributed by atoms with E-state index in [4.69, 9.17) is 9.26 Å². The van der Waals surface area contributed by atoms with Gasteiger partial charge in [-0.05, 0) is 32.9 Å². The van der Waals surface area contributed by atoms with E-state index in [1.807, 2.05) is 13.0 Å². The van der Waals surface area contributed by atoms with Crippen LogP contribution in [0.2, 0.25) is 0 Å². The monoisotopic (exact) mass is 393 g/mol. The zero-order chi connectivity index (χ0) is 19.8. The molecule has 2 aromatic rings. The Morgan fingerprint density at radius 2 is 1.81 bits per heavy atom. The molecule has 0 N–H and O–H groups in total. The first-order valence-electron chi connectivity index (χ1n) is 8.62. The number of methoxy groups -OCH3 is 1. The number of rotatable bonds is 4. The van der Waals surface area contributed by atoms with Crippen LogP contribution >= 0.6 is 0 Å². The van der Waals surface area contributed by atoms with Gasteiger partial charge in [0.15, 0.2) is 5.76 Å². The summed E-state index contributed by atoms with van der Waals surface area (Å²) in [6.07, 6.45) is 0. The lowest BCUT2D eigenvalue weighted by Crippen LogP contribution is -2.50. The van der Waals surface area contributed by atoms with E-state index in [1.165, 1.54) is 11.4 Å². The van der Waals surface area contributed by atoms with Gasteiger partial charge in [0.1, 0.15) is 16.3 Å². The zero-order valence-electron chi connectivity index (χ0n) is 15.9. The van der Waals surface area contributed by atoms with E-state index in [0.717, 1.165) is 5.56 Å². The Morgan fingerprint density at radius 1 is 1.15 bits per heavy atom. The minimum atomic E-state index is -3.70. The van der Waals surface area contributed by atoms with Gasteiger partial charge in [-0.2, -0.15) is 4.31 Å². The lowest BCUT2D eigenvalue weighted by atomic mass is 10.1. The number of ether oxygens (including phenoxy) is 1. The highest BCUT2D eigenvalue weighted by molar-refractivity contribution is 7.89. The molecule has 0 unspecified atom stereocenters. The van der Waals surface area contributed by atoms with Crippen molar-refractivity contribution in [2.45, 2.75) is 25.7 Å². The molecule has 1 aliphatic rings. The SMILES string of the molecule is COc1ccc(C)cc1C(=O)N1CCN(S(=O)(=O)c2c(C)noc2C)CC1. The quantitative estimate of drug-likeness (QED) is 0.786. The Hall–Kier alpha value is -2.39. The summed E-state index contributed by atoms with van der Waals surface area (Å²) in [4.78, 5) is 14.6. The Kier molecular flexibility index (Phi) is 5.25. The maximum Gasteiger partial charge on any atom is 0.257 e. The predicted molar refractivity (Wildman–Crippen MR) is 98.4 cm³/mol. The fraction of sp³-hybridized carbons (Fsp3) is 0.444. The summed E-state index contributed by atoms with van der Waals surface area (Å²) >= 11 is 0. The molecule has 1 aromatic carbocycles. The number of nitrogens with zero attached hydrogens (tertiary/aromatic N) is 3. The molecule has 3 rings (SSSR count). The smallest absolute Gasteiger partial charge is 0.257 e. The van der Waals surface area contributed by atoms with Crippen molar-refractivity contribution in [2.24, 2.45) is 0 Å². The minimum Gasteiger partial charge on any atom is -0.496 e. The van der Waals surface area contributed by atoms with E-state index in [1.54, 1.807) is 30.9 Å². The second kappa shape index (κ2) is 7.32. The molecule has 0 aliphatic carbocycles. The number of benzene rings is 1. The normalized spacial score (nSPS) is 15.8. The van der Waals surface area contributed by atoms with Crippen LogP contribution in [0.15, 0.2) is 27.6 Å². The lowest BCUT2D eigenvalue weighted by Gasteiger charge is -2.34. The second-order valence-corrected chi connectivity index (χ2v) is 8.43. The first-order valence-corrected chi connectivity index (χ1v) is 10.1. The van der Waals surface area contributed by atoms with Gasteiger partial charge in [-0.25, -0.2) is 8.42 Å². The molecule has 9 heteroatoms. The molecule has 1 aromatic heterocycles. The molecule has 0 spiro atoms. The van der Waals surface area contributed by atoms with Crippen LogP contribution < -0.4 is 4.74 Å². The van der Waals surface area contributed by atoms with Crippen LogP contribution in [0.1, 0.15) is 27.4 Å². The van der Waals surface area contributed by atoms with E-state index in [0.29, 0.717) is 30.1 Å². The molecule has 1 amide bonds. The second-order valence-electron chi connectivity index (χ2n) is 6.55. The maximum atomic E-state index is 12.9. The number of sulfonamides is 1. The molecule has 1 fully saturated rings. The van der Waals surface area contributed by atoms with Crippen LogP contribution in [-0.2, 0) is 10.0 Å². The highest BCUT2D eigenvalue weighted by atomic mass is 32.2. The van der Waals surface area contributed by atoms with Gasteiger partial charge in [0.05, 0.1) is 12.7 Å². The van der Waals surface area contributed by atoms with E-state index < -0.39 is 10.0 Å². The van der Waals surface area contributed by atoms with Crippen molar-refractivity contribution in [1.82, 2.24) is 14.4 Å². The van der Waals surface area contributed by atoms with Crippen molar-refractivity contribution in [3.63, 3.8) is 0 Å². The third-order valence-corrected chi connectivity index (χ3v) is 6.82. The number of aromatic nitrogens is 1. The lowest BCUT2D eigenvalue weighted by molar-refractivity contribution is 0.0694. The number of amides is 1. The van der Waals surface area contributed by atoms with Crippen molar-refractivity contribution in [2.75, 3.05) is 33.3 Å². The van der Waals surface area contributed by atoms with Crippen LogP contribution in [0.4, 0.5) is 0 Å². The third-order valence-electron chi connectivity index (χ3n) is 4.68. The number of aryl methyl sites for hydroxylation is 3. The fourth-order valence-electron chi connectivity index (χ4n) is 3.26. The van der Waals surface area contributed by atoms with Crippen LogP contribution in [0, 0.1) is 20.8 Å². The van der Waals surface area contributed by atoms with E-state index in [2.05, 4.69) is 5.16 Å². The van der Waals surface area contributed by atoms with E-state index in [9.17, 15) is 13.2 Å². The van der Waals surface area contributed by atoms with Gasteiger partial charge < -0.3 is 14.2 Å². The Morgan fingerprint density at radius 3 is 2.37 bits per heavy atom. The summed E-state index contributed by atoms with van der Waals surface area (Å²) in [6.45, 7) is 6.13. The van der Waals surface area contributed by atoms with Crippen molar-refractivity contribution in [3.8, 4) is 5.75 Å². The Bertz CT molecular complexity index is 940. The summed E-state index contributed by atoms with van der Waals surface area (Å²) in [5.74, 6) is 0.622. The van der Waals surface area contributed by atoms with E-state index >= 15 is 0 Å². The fourth-order valence-corrected chi connectivity index (χ4v) is 4.98. The first-order chi connectivity index (χ1) is 12.8. The van der Waals surface area contributed by atoms with Crippen molar-refractivity contribution in [1.29, 1.82) is 0 Å². The molecule has 8 nitrogen and oxygen atoms in total. The molecule has 1 aliphatic heterocycles. The number of hydrogen-bond acceptors (Lipinski definition) is 6. The molecule has 146 valence electrons. The standard InChI is InChI=1S/C18H23N3O5S/c1-12-5-6-16(25-4)15(11-12)18(22)20-7-9-21(10-8-20)27(23,24)17-13(2)19-26-14(17)3/h5-6,11H,7-10H2,1-4H3. The Labute approximate surface area is 158 Å². The molecular weight excluding hydrogens is 370 g/mol. The van der Waals surface area contributed by atoms with Crippen molar-refractivity contribution < 1.29 is 22.5 Å². The highest BCUT2D eigenvalue weighted by Gasteiger charge is 2.34. The van der Waals surface area contributed by atoms with Crippen LogP contribution in [0.25, 0.3) is 0 Å². The molecule has 27 heavy (non-hydrogen) atoms. The summed E-state index contributed by atoms with van der Waals surface area (Å²) < 4.78 is 37.4. The van der Waals surface area contributed by atoms with Gasteiger partial charge >= 0.3 is 0 Å². The zero-order valence-corrected chi connectivity index (χ0v) is 16.7. The summed E-state index contributed by atoms with van der Waals surface area (Å²) in [6, 6.07) is 5.43. The van der Waals surface area contributed by atoms with Crippen LogP contribution in [0.5, 0.6) is 5.75 Å². The summed E-state index contributed by atoms with van der Waals surface area (Å²) in [5, 5.41) is 3.73. The largest absolute Gasteiger partial charge is 0.496 e. The predicted octanol–water partition coefficient (Wildman–Crippen LogP) is 1.76. The van der Waals surface area contributed by atoms with Gasteiger partial charge in [0.25, 0.3) is 5.91 Å². The Balaban J connectivity index is 1.76. The third kappa shape index (κ3) is 3.57. The average molecular weight is 393 g/mol. The first kappa shape index (κ1) is 19.4. The highest BCUT2D eigenvalue weighted by Crippen LogP contribution is 2.26. The number of carbonyl (C=O) groups excluding carboxylic acids is 1. The summed E-state index contributed by atoms with van der Waals surface area (Å²) in [7, 11) is -2.18. The molecule has 0 atom stereocenters. The molecule has 1 saturated heterocycles. The average Bonchev–Trinajstić information content (AvgIpc) is 3.00. The van der Waals surface area contributed by atoms with Gasteiger partial charge in [-0.3, -0.25) is 4.79 Å². The molecule has 0 radical (unpaired) electrons.